The van der Waals surface area contributed by atoms with Gasteiger partial charge in [-0.2, -0.15) is 0 Å². The zero-order chi connectivity index (χ0) is 55.9. The summed E-state index contributed by atoms with van der Waals surface area (Å²) in [6.45, 7) is 1.47. The van der Waals surface area contributed by atoms with Crippen molar-refractivity contribution in [2.24, 2.45) is 44.8 Å². The van der Waals surface area contributed by atoms with Crippen molar-refractivity contribution in [2.45, 2.75) is 133 Å². The zero-order valence-corrected chi connectivity index (χ0v) is 43.3. The lowest BCUT2D eigenvalue weighted by atomic mass is 9.83. The molecule has 0 spiro atoms. The number of hydrogen-bond acceptors (Lipinski definition) is 12. The van der Waals surface area contributed by atoms with Crippen LogP contribution >= 0.6 is 0 Å². The molecule has 4 aromatic rings. The Morgan fingerprint density at radius 3 is 2.12 bits per heavy atom. The molecule has 0 saturated carbocycles. The second kappa shape index (κ2) is 30.2. The van der Waals surface area contributed by atoms with Crippen molar-refractivity contribution in [1.82, 2.24) is 41.5 Å². The molecule has 24 nitrogen and oxygen atoms in total. The monoisotopic (exact) mass is 1060 g/mol. The van der Waals surface area contributed by atoms with Gasteiger partial charge in [0, 0.05) is 92.9 Å². The summed E-state index contributed by atoms with van der Waals surface area (Å²) in [5.41, 5.74) is 24.7. The Morgan fingerprint density at radius 1 is 0.740 bits per heavy atom. The van der Waals surface area contributed by atoms with Gasteiger partial charge >= 0.3 is 5.97 Å². The van der Waals surface area contributed by atoms with E-state index in [1.54, 1.807) is 36.5 Å². The van der Waals surface area contributed by atoms with Crippen LogP contribution in [0, 0.1) is 11.8 Å². The number of carbonyl (C=O) groups is 9. The molecule has 0 bridgehead atoms. The summed E-state index contributed by atoms with van der Waals surface area (Å²) < 4.78 is 0. The summed E-state index contributed by atoms with van der Waals surface area (Å²) in [6.07, 6.45) is 4.00. The molecule has 0 radical (unpaired) electrons. The van der Waals surface area contributed by atoms with Gasteiger partial charge in [0.1, 0.15) is 35.7 Å². The Balaban J connectivity index is 1.54. The first-order chi connectivity index (χ1) is 36.9. The highest BCUT2D eigenvalue weighted by molar-refractivity contribution is 5.98. The molecule has 24 heteroatoms. The number of nitrogens with two attached hydrogens (primary N) is 4. The minimum absolute atomic E-state index is 0.00637. The highest BCUT2D eigenvalue weighted by Crippen LogP contribution is 2.26. The number of rotatable bonds is 18. The number of para-hydroxylation sites is 1. The predicted molar refractivity (Wildman–Crippen MR) is 286 cm³/mol. The highest BCUT2D eigenvalue weighted by Gasteiger charge is 2.35. The van der Waals surface area contributed by atoms with E-state index in [0.717, 1.165) is 10.9 Å². The maximum absolute atomic E-state index is 14.9. The first kappa shape index (κ1) is 59.4. The number of benzene rings is 2. The third-order valence-electron chi connectivity index (χ3n) is 13.3. The minimum Gasteiger partial charge on any atom is -0.480 e. The molecule has 1 fully saturated rings. The molecule has 1 aliphatic heterocycles. The standard InChI is InChI=1S/C53H72N14O10/c1-31(68)63-40(18-10-22-60-53(56)57)48(73)64-41-17-7-5-14-37(69)19-20-42(51(76)77)65-47(72)34(24-35-28-61-39-16-8-6-15-38(35)39)26-45(70)33(13-9-21-59-52(54)55)25-46(71)43(23-32-11-3-2-4-12-32)66-50(75)44(67-49(41)74)27-36-29-58-30-62-36/h2-4,6,8,11-12,15-16,28-30,33-34,40-44,61H,5,7,9-10,13-14,17-27H2,1H3,(H,58,62)(H,63,68)(H,64,73)(H,65,72)(H,66,75)(H,67,74)(H,76,77)(H4,54,55,59)(H4,56,57,60)/t33-,34-,40+,41+,42+,43-,44+/m1/s1. The van der Waals surface area contributed by atoms with Crippen molar-refractivity contribution in [2.75, 3.05) is 13.1 Å². The number of amides is 5. The number of guanidine groups is 2. The van der Waals surface area contributed by atoms with Crippen molar-refractivity contribution in [1.29, 1.82) is 0 Å². The molecule has 77 heavy (non-hydrogen) atoms. The van der Waals surface area contributed by atoms with Gasteiger partial charge < -0.3 is 64.6 Å². The lowest BCUT2D eigenvalue weighted by Crippen LogP contribution is -2.58. The normalized spacial score (nSPS) is 21.2. The molecule has 16 N–H and O–H groups in total. The number of nitrogens with zero attached hydrogens (tertiary/aromatic N) is 3. The number of hydrogen-bond donors (Lipinski definition) is 12. The maximum Gasteiger partial charge on any atom is 0.326 e. The van der Waals surface area contributed by atoms with Crippen molar-refractivity contribution in [3.05, 3.63) is 90.1 Å². The second-order valence-electron chi connectivity index (χ2n) is 19.3. The number of carboxylic acids is 1. The van der Waals surface area contributed by atoms with E-state index in [2.05, 4.69) is 51.5 Å². The van der Waals surface area contributed by atoms with E-state index in [-0.39, 0.29) is 114 Å². The first-order valence-electron chi connectivity index (χ1n) is 25.8. The lowest BCUT2D eigenvalue weighted by molar-refractivity contribution is -0.143. The van der Waals surface area contributed by atoms with E-state index in [1.165, 1.54) is 19.4 Å². The second-order valence-corrected chi connectivity index (χ2v) is 19.3. The Bertz CT molecular complexity index is 2720. The molecular weight excluding hydrogens is 993 g/mol. The van der Waals surface area contributed by atoms with E-state index in [4.69, 9.17) is 22.9 Å². The van der Waals surface area contributed by atoms with Gasteiger partial charge in [0.25, 0.3) is 0 Å². The van der Waals surface area contributed by atoms with Crippen LogP contribution in [0.4, 0.5) is 0 Å². The van der Waals surface area contributed by atoms with Gasteiger partial charge in [-0.15, -0.1) is 0 Å². The lowest BCUT2D eigenvalue weighted by Gasteiger charge is -2.27. The van der Waals surface area contributed by atoms with Gasteiger partial charge in [-0.3, -0.25) is 48.3 Å². The molecular formula is C53H72N14O10. The van der Waals surface area contributed by atoms with Crippen LogP contribution in [0.3, 0.4) is 0 Å². The summed E-state index contributed by atoms with van der Waals surface area (Å²) in [4.78, 5) is 144. The van der Waals surface area contributed by atoms with Crippen LogP contribution in [-0.4, -0.2) is 128 Å². The topological polar surface area (TPSA) is 407 Å². The maximum atomic E-state index is 14.9. The van der Waals surface area contributed by atoms with Gasteiger partial charge in [-0.05, 0) is 75.0 Å². The van der Waals surface area contributed by atoms with Crippen LogP contribution in [0.5, 0.6) is 0 Å². The summed E-state index contributed by atoms with van der Waals surface area (Å²) in [7, 11) is 0. The van der Waals surface area contributed by atoms with Crippen LogP contribution in [0.25, 0.3) is 10.9 Å². The Hall–Kier alpha value is -8.44. The fraction of sp³-hybridized carbons (Fsp3) is 0.472. The van der Waals surface area contributed by atoms with E-state index in [0.29, 0.717) is 16.8 Å². The molecule has 7 atom stereocenters. The number of ketones is 3. The van der Waals surface area contributed by atoms with Crippen molar-refractivity contribution in [3.63, 3.8) is 0 Å². The summed E-state index contributed by atoms with van der Waals surface area (Å²) in [5.74, 6) is -8.87. The predicted octanol–water partition coefficient (Wildman–Crippen LogP) is 0.629. The number of nitrogens with one attached hydrogen (secondary N) is 7. The van der Waals surface area contributed by atoms with Crippen LogP contribution in [-0.2, 0) is 62.4 Å². The van der Waals surface area contributed by atoms with E-state index < -0.39 is 102 Å². The number of aliphatic carboxylic acids is 1. The van der Waals surface area contributed by atoms with Crippen molar-refractivity contribution < 1.29 is 48.3 Å². The molecule has 5 rings (SSSR count). The molecule has 0 aliphatic carbocycles. The SMILES string of the molecule is CC(=O)N[C@@H](CCCN=C(N)N)C(=O)N[C@H]1CCCCC(=O)CC[C@@H](C(=O)O)NC(=O)[C@H](Cc2c[nH]c3ccccc23)CC(=O)[C@H](CCCN=C(N)N)CC(=O)[C@@H](Cc2ccccc2)NC(=O)[C@H](Cc2cnc[nH]2)NC1=O. The van der Waals surface area contributed by atoms with Crippen LogP contribution in [0.2, 0.25) is 0 Å². The quantitative estimate of drug-likeness (QED) is 0.0369. The number of Topliss-reactive ketones (excluding diaryl/α,β-unsaturated/α-hetero) is 3. The van der Waals surface area contributed by atoms with Gasteiger partial charge in [-0.1, -0.05) is 55.0 Å². The smallest absolute Gasteiger partial charge is 0.326 e. The zero-order valence-electron chi connectivity index (χ0n) is 43.3. The average molecular weight is 1070 g/mol. The van der Waals surface area contributed by atoms with Crippen LogP contribution in [0.1, 0.15) is 101 Å². The number of carbonyl (C=O) groups excluding carboxylic acids is 8. The van der Waals surface area contributed by atoms with Crippen LogP contribution < -0.4 is 49.5 Å². The fourth-order valence-electron chi connectivity index (χ4n) is 9.21. The molecule has 0 unspecified atom stereocenters. The molecule has 1 aliphatic rings. The number of fused-ring (bicyclic) bond motifs is 1. The summed E-state index contributed by atoms with van der Waals surface area (Å²) in [5, 5.41) is 24.6. The number of aliphatic imine (C=N–C) groups is 2. The third kappa shape index (κ3) is 20.0. The Morgan fingerprint density at radius 2 is 1.43 bits per heavy atom. The number of imidazole rings is 1. The van der Waals surface area contributed by atoms with Crippen LogP contribution in [0.15, 0.2) is 83.3 Å². The van der Waals surface area contributed by atoms with Crippen molar-refractivity contribution >= 4 is 75.7 Å². The van der Waals surface area contributed by atoms with Gasteiger partial charge in [0.05, 0.1) is 12.4 Å². The number of H-pyrrole nitrogens is 2. The average Bonchev–Trinajstić information content (AvgIpc) is 4.07. The third-order valence-corrected chi connectivity index (χ3v) is 13.3. The molecule has 2 aromatic heterocycles. The van der Waals surface area contributed by atoms with Gasteiger partial charge in [-0.25, -0.2) is 9.78 Å². The number of aromatic nitrogens is 3. The van der Waals surface area contributed by atoms with Gasteiger partial charge in [0.2, 0.25) is 29.5 Å². The molecule has 3 heterocycles. The number of carboxylic acid groups (broad SMARTS) is 1. The first-order valence-corrected chi connectivity index (χ1v) is 25.8. The highest BCUT2D eigenvalue weighted by atomic mass is 16.4. The summed E-state index contributed by atoms with van der Waals surface area (Å²) >= 11 is 0. The molecule has 5 amide bonds. The fourth-order valence-corrected chi connectivity index (χ4v) is 9.21. The van der Waals surface area contributed by atoms with E-state index in [1.807, 2.05) is 24.3 Å². The minimum atomic E-state index is -1.51. The Kier molecular flexibility index (Phi) is 23.3. The molecule has 1 saturated heterocycles. The molecule has 414 valence electrons. The van der Waals surface area contributed by atoms with Crippen molar-refractivity contribution in [3.8, 4) is 0 Å². The summed E-state index contributed by atoms with van der Waals surface area (Å²) in [6, 6.07) is 9.55. The van der Waals surface area contributed by atoms with E-state index in [9.17, 15) is 48.3 Å². The van der Waals surface area contributed by atoms with E-state index >= 15 is 0 Å². The molecule has 2 aromatic carbocycles. The Labute approximate surface area is 445 Å². The largest absolute Gasteiger partial charge is 0.480 e. The number of aromatic amines is 2. The van der Waals surface area contributed by atoms with Gasteiger partial charge in [0.15, 0.2) is 17.7 Å².